The van der Waals surface area contributed by atoms with Crippen LogP contribution in [0.4, 0.5) is 11.5 Å². The van der Waals surface area contributed by atoms with Crippen LogP contribution in [0.25, 0.3) is 0 Å². The van der Waals surface area contributed by atoms with E-state index in [-0.39, 0.29) is 0 Å². The SMILES string of the molecule is CCOc1cccc(Nc2cc(C(N)=S)ccn2)c1. The van der Waals surface area contributed by atoms with Crippen molar-refractivity contribution in [2.45, 2.75) is 6.92 Å². The van der Waals surface area contributed by atoms with E-state index in [0.717, 1.165) is 17.0 Å². The highest BCUT2D eigenvalue weighted by Gasteiger charge is 2.01. The molecule has 0 amide bonds. The molecule has 0 spiro atoms. The summed E-state index contributed by atoms with van der Waals surface area (Å²) in [7, 11) is 0. The Labute approximate surface area is 117 Å². The number of rotatable bonds is 5. The molecule has 0 atom stereocenters. The molecule has 1 aromatic heterocycles. The fraction of sp³-hybridized carbons (Fsp3) is 0.143. The fourth-order valence-corrected chi connectivity index (χ4v) is 1.76. The summed E-state index contributed by atoms with van der Waals surface area (Å²) in [5.74, 6) is 1.51. The van der Waals surface area contributed by atoms with E-state index in [4.69, 9.17) is 22.7 Å². The van der Waals surface area contributed by atoms with Crippen LogP contribution in [0.1, 0.15) is 12.5 Å². The number of thiocarbonyl (C=S) groups is 1. The topological polar surface area (TPSA) is 60.2 Å². The Hall–Kier alpha value is -2.14. The van der Waals surface area contributed by atoms with Crippen LogP contribution >= 0.6 is 12.2 Å². The molecule has 4 nitrogen and oxygen atoms in total. The maximum absolute atomic E-state index is 5.60. The van der Waals surface area contributed by atoms with Gasteiger partial charge < -0.3 is 15.8 Å². The van der Waals surface area contributed by atoms with E-state index in [0.29, 0.717) is 17.4 Å². The molecule has 0 aliphatic rings. The van der Waals surface area contributed by atoms with Crippen LogP contribution in [0.15, 0.2) is 42.6 Å². The molecule has 19 heavy (non-hydrogen) atoms. The van der Waals surface area contributed by atoms with Crippen molar-refractivity contribution in [3.05, 3.63) is 48.2 Å². The lowest BCUT2D eigenvalue weighted by atomic mass is 10.2. The van der Waals surface area contributed by atoms with Crippen molar-refractivity contribution in [3.63, 3.8) is 0 Å². The summed E-state index contributed by atoms with van der Waals surface area (Å²) in [5, 5.41) is 3.19. The zero-order chi connectivity index (χ0) is 13.7. The van der Waals surface area contributed by atoms with Crippen LogP contribution in [0.5, 0.6) is 5.75 Å². The van der Waals surface area contributed by atoms with Crippen LogP contribution in [-0.4, -0.2) is 16.6 Å². The number of hydrogen-bond donors (Lipinski definition) is 2. The third-order valence-corrected chi connectivity index (χ3v) is 2.70. The van der Waals surface area contributed by atoms with E-state index in [1.807, 2.05) is 37.3 Å². The highest BCUT2D eigenvalue weighted by molar-refractivity contribution is 7.80. The molecule has 5 heteroatoms. The number of nitrogens with zero attached hydrogens (tertiary/aromatic N) is 1. The summed E-state index contributed by atoms with van der Waals surface area (Å²) in [4.78, 5) is 4.58. The third kappa shape index (κ3) is 3.66. The van der Waals surface area contributed by atoms with E-state index in [1.165, 1.54) is 0 Å². The first kappa shape index (κ1) is 13.3. The molecule has 0 aliphatic heterocycles. The first-order valence-corrected chi connectivity index (χ1v) is 6.35. The highest BCUT2D eigenvalue weighted by atomic mass is 32.1. The molecule has 0 aliphatic carbocycles. The minimum atomic E-state index is 0.355. The molecule has 0 unspecified atom stereocenters. The summed E-state index contributed by atoms with van der Waals surface area (Å²) in [6.45, 7) is 2.59. The van der Waals surface area contributed by atoms with Gasteiger partial charge in [-0.15, -0.1) is 0 Å². The molecular weight excluding hydrogens is 258 g/mol. The molecular formula is C14H15N3OS. The first-order valence-electron chi connectivity index (χ1n) is 5.95. The Morgan fingerprint density at radius 2 is 2.21 bits per heavy atom. The normalized spacial score (nSPS) is 9.95. The van der Waals surface area contributed by atoms with Gasteiger partial charge in [0.05, 0.1) is 6.61 Å². The lowest BCUT2D eigenvalue weighted by Crippen LogP contribution is -2.09. The number of nitrogens with two attached hydrogens (primary N) is 1. The average molecular weight is 273 g/mol. The Morgan fingerprint density at radius 1 is 1.37 bits per heavy atom. The van der Waals surface area contributed by atoms with Crippen LogP contribution in [0.2, 0.25) is 0 Å². The molecule has 0 saturated heterocycles. The van der Waals surface area contributed by atoms with E-state index in [2.05, 4.69) is 10.3 Å². The predicted octanol–water partition coefficient (Wildman–Crippen LogP) is 2.86. The maximum Gasteiger partial charge on any atom is 0.130 e. The van der Waals surface area contributed by atoms with Gasteiger partial charge in [-0.2, -0.15) is 0 Å². The number of pyridine rings is 1. The van der Waals surface area contributed by atoms with Crippen molar-refractivity contribution in [2.75, 3.05) is 11.9 Å². The van der Waals surface area contributed by atoms with Gasteiger partial charge in [0.2, 0.25) is 0 Å². The van der Waals surface area contributed by atoms with E-state index >= 15 is 0 Å². The van der Waals surface area contributed by atoms with Crippen molar-refractivity contribution in [2.24, 2.45) is 5.73 Å². The van der Waals surface area contributed by atoms with Crippen molar-refractivity contribution >= 4 is 28.7 Å². The van der Waals surface area contributed by atoms with Gasteiger partial charge in [-0.1, -0.05) is 18.3 Å². The van der Waals surface area contributed by atoms with Crippen molar-refractivity contribution in [1.29, 1.82) is 0 Å². The van der Waals surface area contributed by atoms with Gasteiger partial charge in [0, 0.05) is 23.5 Å². The van der Waals surface area contributed by atoms with Crippen molar-refractivity contribution in [1.82, 2.24) is 4.98 Å². The van der Waals surface area contributed by atoms with E-state index in [1.54, 1.807) is 12.3 Å². The second-order valence-electron chi connectivity index (χ2n) is 3.88. The fourth-order valence-electron chi connectivity index (χ4n) is 1.63. The van der Waals surface area contributed by atoms with Crippen LogP contribution < -0.4 is 15.8 Å². The molecule has 1 heterocycles. The van der Waals surface area contributed by atoms with Gasteiger partial charge in [0.25, 0.3) is 0 Å². The molecule has 0 bridgehead atoms. The number of aromatic nitrogens is 1. The summed E-state index contributed by atoms with van der Waals surface area (Å²) >= 11 is 4.94. The lowest BCUT2D eigenvalue weighted by Gasteiger charge is -2.09. The van der Waals surface area contributed by atoms with Gasteiger partial charge in [-0.05, 0) is 31.2 Å². The summed E-state index contributed by atoms with van der Waals surface area (Å²) in [6.07, 6.45) is 1.67. The van der Waals surface area contributed by atoms with Crippen LogP contribution in [-0.2, 0) is 0 Å². The second-order valence-corrected chi connectivity index (χ2v) is 4.32. The van der Waals surface area contributed by atoms with Gasteiger partial charge >= 0.3 is 0 Å². The average Bonchev–Trinajstić information content (AvgIpc) is 2.40. The zero-order valence-electron chi connectivity index (χ0n) is 10.6. The Morgan fingerprint density at radius 3 is 2.95 bits per heavy atom. The molecule has 2 aromatic rings. The van der Waals surface area contributed by atoms with Gasteiger partial charge in [0.1, 0.15) is 16.6 Å². The smallest absolute Gasteiger partial charge is 0.130 e. The quantitative estimate of drug-likeness (QED) is 0.820. The monoisotopic (exact) mass is 273 g/mol. The summed E-state index contributed by atoms with van der Waals surface area (Å²) in [5.41, 5.74) is 7.28. The molecule has 98 valence electrons. The molecule has 0 fully saturated rings. The maximum atomic E-state index is 5.60. The number of ether oxygens (including phenoxy) is 1. The number of hydrogen-bond acceptors (Lipinski definition) is 4. The number of anilines is 2. The zero-order valence-corrected chi connectivity index (χ0v) is 11.4. The highest BCUT2D eigenvalue weighted by Crippen LogP contribution is 2.20. The first-order chi connectivity index (χ1) is 9.19. The van der Waals surface area contributed by atoms with Crippen molar-refractivity contribution in [3.8, 4) is 5.75 Å². The second kappa shape index (κ2) is 6.15. The molecule has 2 rings (SSSR count). The van der Waals surface area contributed by atoms with E-state index in [9.17, 15) is 0 Å². The number of nitrogens with one attached hydrogen (secondary N) is 1. The standard InChI is InChI=1S/C14H15N3OS/c1-2-18-12-5-3-4-11(9-12)17-13-8-10(14(15)19)6-7-16-13/h3-9H,2H2,1H3,(H2,15,19)(H,16,17). The van der Waals surface area contributed by atoms with Gasteiger partial charge in [0.15, 0.2) is 0 Å². The number of benzene rings is 1. The summed E-state index contributed by atoms with van der Waals surface area (Å²) < 4.78 is 5.44. The van der Waals surface area contributed by atoms with Crippen LogP contribution in [0, 0.1) is 0 Å². The van der Waals surface area contributed by atoms with Gasteiger partial charge in [-0.3, -0.25) is 0 Å². The van der Waals surface area contributed by atoms with Crippen molar-refractivity contribution < 1.29 is 4.74 Å². The molecule has 0 saturated carbocycles. The molecule has 1 aromatic carbocycles. The molecule has 3 N–H and O–H groups in total. The molecule has 0 radical (unpaired) electrons. The summed E-state index contributed by atoms with van der Waals surface area (Å²) in [6, 6.07) is 11.3. The Balaban J connectivity index is 2.18. The van der Waals surface area contributed by atoms with Gasteiger partial charge in [-0.25, -0.2) is 4.98 Å². The Kier molecular flexibility index (Phi) is 4.30. The van der Waals surface area contributed by atoms with Crippen LogP contribution in [0.3, 0.4) is 0 Å². The van der Waals surface area contributed by atoms with E-state index < -0.39 is 0 Å². The minimum Gasteiger partial charge on any atom is -0.494 e. The Bertz CT molecular complexity index is 586. The lowest BCUT2D eigenvalue weighted by molar-refractivity contribution is 0.340. The largest absolute Gasteiger partial charge is 0.494 e. The third-order valence-electron chi connectivity index (χ3n) is 2.46. The predicted molar refractivity (Wildman–Crippen MR) is 81.0 cm³/mol. The minimum absolute atomic E-state index is 0.355.